The lowest BCUT2D eigenvalue weighted by atomic mass is 10.2. The molecule has 0 saturated heterocycles. The summed E-state index contributed by atoms with van der Waals surface area (Å²) in [5.74, 6) is 0.892. The Morgan fingerprint density at radius 2 is 1.89 bits per heavy atom. The van der Waals surface area contributed by atoms with Crippen molar-refractivity contribution in [2.45, 2.75) is 6.54 Å². The molecule has 6 nitrogen and oxygen atoms in total. The van der Waals surface area contributed by atoms with Gasteiger partial charge < -0.3 is 5.73 Å². The van der Waals surface area contributed by atoms with Crippen LogP contribution in [-0.2, 0) is 6.54 Å². The van der Waals surface area contributed by atoms with Crippen molar-refractivity contribution in [1.29, 1.82) is 0 Å². The van der Waals surface area contributed by atoms with E-state index in [0.29, 0.717) is 23.8 Å². The molecule has 0 amide bonds. The van der Waals surface area contributed by atoms with Gasteiger partial charge in [0.05, 0.1) is 12.1 Å². The number of anilines is 1. The Kier molecular flexibility index (Phi) is 2.89. The molecule has 0 saturated carbocycles. The van der Waals surface area contributed by atoms with Crippen LogP contribution >= 0.6 is 0 Å². The first-order chi connectivity index (χ1) is 9.33. The van der Waals surface area contributed by atoms with Crippen molar-refractivity contribution in [3.05, 3.63) is 54.2 Å². The largest absolute Gasteiger partial charge is 0.383 e. The predicted octanol–water partition coefficient (Wildman–Crippen LogP) is 1.37. The first-order valence-corrected chi connectivity index (χ1v) is 5.85. The second-order valence-electron chi connectivity index (χ2n) is 4.07. The van der Waals surface area contributed by atoms with Crippen LogP contribution < -0.4 is 5.73 Å². The van der Waals surface area contributed by atoms with E-state index in [9.17, 15) is 0 Å². The molecular weight excluding hydrogens is 240 g/mol. The number of nitrogens with zero attached hydrogens (tertiary/aromatic N) is 5. The molecule has 0 aliphatic rings. The SMILES string of the molecule is Nc1ncccc1-c1nnn(Cc2ccccc2)n1. The summed E-state index contributed by atoms with van der Waals surface area (Å²) >= 11 is 0. The molecule has 0 aliphatic heterocycles. The summed E-state index contributed by atoms with van der Waals surface area (Å²) in [4.78, 5) is 5.55. The van der Waals surface area contributed by atoms with Gasteiger partial charge >= 0.3 is 0 Å². The van der Waals surface area contributed by atoms with Gasteiger partial charge in [-0.2, -0.15) is 4.80 Å². The highest BCUT2D eigenvalue weighted by molar-refractivity contribution is 5.66. The molecule has 6 heteroatoms. The van der Waals surface area contributed by atoms with Crippen molar-refractivity contribution in [1.82, 2.24) is 25.2 Å². The molecule has 0 fully saturated rings. The number of benzene rings is 1. The van der Waals surface area contributed by atoms with E-state index in [0.717, 1.165) is 5.56 Å². The minimum absolute atomic E-state index is 0.404. The first-order valence-electron chi connectivity index (χ1n) is 5.85. The third-order valence-corrected chi connectivity index (χ3v) is 2.70. The maximum Gasteiger partial charge on any atom is 0.208 e. The topological polar surface area (TPSA) is 82.5 Å². The van der Waals surface area contributed by atoms with Gasteiger partial charge in [-0.15, -0.1) is 10.2 Å². The minimum Gasteiger partial charge on any atom is -0.383 e. The molecule has 2 aromatic heterocycles. The fourth-order valence-electron chi connectivity index (χ4n) is 1.77. The molecule has 1 aromatic carbocycles. The van der Waals surface area contributed by atoms with E-state index in [1.165, 1.54) is 4.80 Å². The zero-order chi connectivity index (χ0) is 13.1. The summed E-state index contributed by atoms with van der Waals surface area (Å²) in [5, 5.41) is 12.3. The van der Waals surface area contributed by atoms with Gasteiger partial charge in [-0.3, -0.25) is 0 Å². The zero-order valence-corrected chi connectivity index (χ0v) is 10.1. The van der Waals surface area contributed by atoms with Crippen molar-refractivity contribution < 1.29 is 0 Å². The molecule has 0 bridgehead atoms. The Morgan fingerprint density at radius 1 is 1.05 bits per heavy atom. The third-order valence-electron chi connectivity index (χ3n) is 2.70. The van der Waals surface area contributed by atoms with Gasteiger partial charge in [-0.25, -0.2) is 4.98 Å². The Morgan fingerprint density at radius 3 is 2.68 bits per heavy atom. The molecule has 2 heterocycles. The average molecular weight is 252 g/mol. The summed E-state index contributed by atoms with van der Waals surface area (Å²) in [6.07, 6.45) is 1.63. The third kappa shape index (κ3) is 2.42. The van der Waals surface area contributed by atoms with Crippen LogP contribution in [-0.4, -0.2) is 25.2 Å². The molecule has 2 N–H and O–H groups in total. The highest BCUT2D eigenvalue weighted by atomic mass is 15.6. The van der Waals surface area contributed by atoms with Gasteiger partial charge in [0.15, 0.2) is 0 Å². The van der Waals surface area contributed by atoms with E-state index in [4.69, 9.17) is 5.73 Å². The zero-order valence-electron chi connectivity index (χ0n) is 10.1. The van der Waals surface area contributed by atoms with Gasteiger partial charge in [0.25, 0.3) is 0 Å². The first kappa shape index (κ1) is 11.3. The number of nitrogens with two attached hydrogens (primary N) is 1. The summed E-state index contributed by atoms with van der Waals surface area (Å²) in [6, 6.07) is 13.6. The van der Waals surface area contributed by atoms with Crippen molar-refractivity contribution in [2.75, 3.05) is 5.73 Å². The van der Waals surface area contributed by atoms with Crippen molar-refractivity contribution in [3.63, 3.8) is 0 Å². The van der Waals surface area contributed by atoms with Crippen LogP contribution in [0.2, 0.25) is 0 Å². The highest BCUT2D eigenvalue weighted by Crippen LogP contribution is 2.18. The number of tetrazole rings is 1. The van der Waals surface area contributed by atoms with Crippen LogP contribution in [0.1, 0.15) is 5.56 Å². The van der Waals surface area contributed by atoms with Crippen LogP contribution in [0.3, 0.4) is 0 Å². The van der Waals surface area contributed by atoms with Crippen molar-refractivity contribution in [2.24, 2.45) is 0 Å². The molecule has 0 unspecified atom stereocenters. The molecule has 0 atom stereocenters. The number of rotatable bonds is 3. The van der Waals surface area contributed by atoms with E-state index >= 15 is 0 Å². The van der Waals surface area contributed by atoms with E-state index in [-0.39, 0.29) is 0 Å². The molecule has 19 heavy (non-hydrogen) atoms. The Hall–Kier alpha value is -2.76. The van der Waals surface area contributed by atoms with E-state index < -0.39 is 0 Å². The number of pyridine rings is 1. The second kappa shape index (κ2) is 4.85. The number of hydrogen-bond donors (Lipinski definition) is 1. The molecule has 3 rings (SSSR count). The Bertz CT molecular complexity index is 676. The van der Waals surface area contributed by atoms with E-state index in [1.54, 1.807) is 12.3 Å². The summed E-state index contributed by atoms with van der Waals surface area (Å²) in [7, 11) is 0. The Labute approximate surface area is 109 Å². The van der Waals surface area contributed by atoms with Gasteiger partial charge in [0.2, 0.25) is 5.82 Å². The summed E-state index contributed by atoms with van der Waals surface area (Å²) < 4.78 is 0. The number of aromatic nitrogens is 5. The standard InChI is InChI=1S/C13H12N6/c14-12-11(7-4-8-15-12)13-16-18-19(17-13)9-10-5-2-1-3-6-10/h1-8H,9H2,(H2,14,15). The fourth-order valence-corrected chi connectivity index (χ4v) is 1.77. The van der Waals surface area contributed by atoms with Crippen LogP contribution in [0.4, 0.5) is 5.82 Å². The van der Waals surface area contributed by atoms with Gasteiger partial charge in [0, 0.05) is 6.20 Å². The molecule has 3 aromatic rings. The fraction of sp³-hybridized carbons (Fsp3) is 0.0769. The molecule has 94 valence electrons. The molecule has 0 aliphatic carbocycles. The minimum atomic E-state index is 0.404. The van der Waals surface area contributed by atoms with Crippen molar-refractivity contribution >= 4 is 5.82 Å². The van der Waals surface area contributed by atoms with E-state index in [1.807, 2.05) is 36.4 Å². The molecule has 0 spiro atoms. The maximum absolute atomic E-state index is 5.79. The number of hydrogen-bond acceptors (Lipinski definition) is 5. The lowest BCUT2D eigenvalue weighted by molar-refractivity contribution is 0.573. The monoisotopic (exact) mass is 252 g/mol. The highest BCUT2D eigenvalue weighted by Gasteiger charge is 2.09. The van der Waals surface area contributed by atoms with Crippen LogP contribution in [0.15, 0.2) is 48.7 Å². The lowest BCUT2D eigenvalue weighted by Crippen LogP contribution is -2.03. The summed E-state index contributed by atoms with van der Waals surface area (Å²) in [6.45, 7) is 0.577. The van der Waals surface area contributed by atoms with Gasteiger partial charge in [0.1, 0.15) is 5.82 Å². The van der Waals surface area contributed by atoms with Crippen molar-refractivity contribution in [3.8, 4) is 11.4 Å². The maximum atomic E-state index is 5.79. The van der Waals surface area contributed by atoms with Crippen LogP contribution in [0.5, 0.6) is 0 Å². The second-order valence-corrected chi connectivity index (χ2v) is 4.07. The summed E-state index contributed by atoms with van der Waals surface area (Å²) in [5.41, 5.74) is 7.60. The van der Waals surface area contributed by atoms with Gasteiger partial charge in [-0.1, -0.05) is 30.3 Å². The lowest BCUT2D eigenvalue weighted by Gasteiger charge is -1.99. The average Bonchev–Trinajstić information content (AvgIpc) is 2.89. The normalized spacial score (nSPS) is 10.5. The van der Waals surface area contributed by atoms with Gasteiger partial charge in [-0.05, 0) is 22.9 Å². The van der Waals surface area contributed by atoms with Crippen LogP contribution in [0.25, 0.3) is 11.4 Å². The Balaban J connectivity index is 1.86. The van der Waals surface area contributed by atoms with E-state index in [2.05, 4.69) is 20.4 Å². The van der Waals surface area contributed by atoms with Crippen LogP contribution in [0, 0.1) is 0 Å². The smallest absolute Gasteiger partial charge is 0.208 e. The number of nitrogen functional groups attached to an aromatic ring is 1. The molecule has 0 radical (unpaired) electrons. The quantitative estimate of drug-likeness (QED) is 0.761. The molecular formula is C13H12N6. The predicted molar refractivity (Wildman–Crippen MR) is 71.0 cm³/mol.